The molecule has 0 aliphatic rings. The van der Waals surface area contributed by atoms with Crippen LogP contribution in [0.1, 0.15) is 5.56 Å². The zero-order valence-electron chi connectivity index (χ0n) is 15.3. The number of benzene rings is 1. The zero-order chi connectivity index (χ0) is 18.5. The molecule has 0 aliphatic carbocycles. The molecule has 7 heteroatoms. The van der Waals surface area contributed by atoms with E-state index in [1.54, 1.807) is 20.4 Å². The molecule has 0 radical (unpaired) electrons. The largest absolute Gasteiger partial charge is 0.492 e. The van der Waals surface area contributed by atoms with Crippen molar-refractivity contribution in [3.8, 4) is 11.6 Å². The number of aliphatic imine (C=N–C) groups is 1. The van der Waals surface area contributed by atoms with Crippen molar-refractivity contribution >= 4 is 5.96 Å². The number of rotatable bonds is 10. The smallest absolute Gasteiger partial charge is 0.218 e. The molecular formula is C19H26N4O3. The van der Waals surface area contributed by atoms with Crippen LogP contribution in [-0.2, 0) is 11.3 Å². The molecule has 0 aliphatic heterocycles. The molecule has 26 heavy (non-hydrogen) atoms. The van der Waals surface area contributed by atoms with Gasteiger partial charge in [-0.15, -0.1) is 0 Å². The number of aromatic nitrogens is 1. The first-order valence-electron chi connectivity index (χ1n) is 8.51. The van der Waals surface area contributed by atoms with E-state index in [-0.39, 0.29) is 0 Å². The van der Waals surface area contributed by atoms with Gasteiger partial charge < -0.3 is 24.8 Å². The van der Waals surface area contributed by atoms with Gasteiger partial charge in [0.2, 0.25) is 5.88 Å². The van der Waals surface area contributed by atoms with Gasteiger partial charge in [0, 0.05) is 32.5 Å². The minimum absolute atomic E-state index is 0.463. The summed E-state index contributed by atoms with van der Waals surface area (Å²) in [5, 5.41) is 6.46. The summed E-state index contributed by atoms with van der Waals surface area (Å²) in [4.78, 5) is 8.48. The van der Waals surface area contributed by atoms with Crippen molar-refractivity contribution in [2.24, 2.45) is 4.99 Å². The maximum absolute atomic E-state index is 5.65. The lowest BCUT2D eigenvalue weighted by Gasteiger charge is -2.14. The third-order valence-electron chi connectivity index (χ3n) is 3.45. The summed E-state index contributed by atoms with van der Waals surface area (Å²) in [6, 6.07) is 13.6. The second kappa shape index (κ2) is 11.7. The van der Waals surface area contributed by atoms with E-state index in [0.717, 1.165) is 11.3 Å². The Morgan fingerprint density at radius 2 is 1.85 bits per heavy atom. The van der Waals surface area contributed by atoms with Gasteiger partial charge in [-0.05, 0) is 18.2 Å². The van der Waals surface area contributed by atoms with E-state index >= 15 is 0 Å². The molecule has 0 bridgehead atoms. The first kappa shape index (κ1) is 19.5. The average Bonchev–Trinajstić information content (AvgIpc) is 2.69. The Labute approximate surface area is 154 Å². The van der Waals surface area contributed by atoms with Crippen molar-refractivity contribution in [3.63, 3.8) is 0 Å². The number of nitrogens with one attached hydrogen (secondary N) is 2. The summed E-state index contributed by atoms with van der Waals surface area (Å²) in [6.45, 7) is 2.72. The predicted octanol–water partition coefficient (Wildman–Crippen LogP) is 1.85. The number of methoxy groups -OCH3 is 1. The van der Waals surface area contributed by atoms with Crippen LogP contribution in [0.15, 0.2) is 53.7 Å². The molecule has 2 N–H and O–H groups in total. The fourth-order valence-corrected chi connectivity index (χ4v) is 2.16. The van der Waals surface area contributed by atoms with E-state index in [1.165, 1.54) is 0 Å². The Morgan fingerprint density at radius 3 is 2.62 bits per heavy atom. The topological polar surface area (TPSA) is 77.0 Å². The Hall–Kier alpha value is -2.80. The fourth-order valence-electron chi connectivity index (χ4n) is 2.16. The van der Waals surface area contributed by atoms with Gasteiger partial charge in [0.25, 0.3) is 0 Å². The summed E-state index contributed by atoms with van der Waals surface area (Å²) >= 11 is 0. The standard InChI is InChI=1S/C19H26N4O3/c1-20-19(22-11-12-25-17-8-4-3-5-9-17)23-15-16-7-6-10-21-18(16)26-14-13-24-2/h3-10H,11-15H2,1-2H3,(H2,20,22,23). The Morgan fingerprint density at radius 1 is 1.00 bits per heavy atom. The van der Waals surface area contributed by atoms with Crippen LogP contribution in [0, 0.1) is 0 Å². The lowest BCUT2D eigenvalue weighted by atomic mass is 10.2. The van der Waals surface area contributed by atoms with E-state index in [2.05, 4.69) is 20.6 Å². The van der Waals surface area contributed by atoms with Gasteiger partial charge in [0.1, 0.15) is 19.0 Å². The molecule has 0 atom stereocenters. The molecule has 0 saturated heterocycles. The van der Waals surface area contributed by atoms with Crippen LogP contribution >= 0.6 is 0 Å². The highest BCUT2D eigenvalue weighted by molar-refractivity contribution is 5.79. The molecule has 0 saturated carbocycles. The van der Waals surface area contributed by atoms with E-state index in [0.29, 0.717) is 44.7 Å². The number of nitrogens with zero attached hydrogens (tertiary/aromatic N) is 2. The molecule has 1 aromatic carbocycles. The minimum atomic E-state index is 0.463. The lowest BCUT2D eigenvalue weighted by Crippen LogP contribution is -2.39. The Bertz CT molecular complexity index is 665. The van der Waals surface area contributed by atoms with Crippen LogP contribution in [0.25, 0.3) is 0 Å². The van der Waals surface area contributed by atoms with Crippen LogP contribution in [-0.4, -0.2) is 51.5 Å². The second-order valence-electron chi connectivity index (χ2n) is 5.32. The Balaban J connectivity index is 1.74. The molecule has 140 valence electrons. The van der Waals surface area contributed by atoms with Gasteiger partial charge in [-0.3, -0.25) is 4.99 Å². The van der Waals surface area contributed by atoms with Gasteiger partial charge in [-0.1, -0.05) is 24.3 Å². The molecule has 0 amide bonds. The minimum Gasteiger partial charge on any atom is -0.492 e. The van der Waals surface area contributed by atoms with Crippen molar-refractivity contribution in [1.82, 2.24) is 15.6 Å². The quantitative estimate of drug-likeness (QED) is 0.383. The number of hydrogen-bond acceptors (Lipinski definition) is 5. The van der Waals surface area contributed by atoms with Crippen molar-refractivity contribution < 1.29 is 14.2 Å². The molecule has 2 rings (SSSR count). The fraction of sp³-hybridized carbons (Fsp3) is 0.368. The van der Waals surface area contributed by atoms with Gasteiger partial charge in [-0.25, -0.2) is 4.98 Å². The molecular weight excluding hydrogens is 332 g/mol. The SMILES string of the molecule is CN=C(NCCOc1ccccc1)NCc1cccnc1OCCOC. The normalized spacial score (nSPS) is 11.1. The van der Waals surface area contributed by atoms with E-state index in [9.17, 15) is 0 Å². The molecule has 0 fully saturated rings. The van der Waals surface area contributed by atoms with Crippen molar-refractivity contribution in [2.75, 3.05) is 40.5 Å². The number of guanidine groups is 1. The highest BCUT2D eigenvalue weighted by Gasteiger charge is 2.06. The van der Waals surface area contributed by atoms with Crippen LogP contribution in [0.3, 0.4) is 0 Å². The van der Waals surface area contributed by atoms with Crippen molar-refractivity contribution in [1.29, 1.82) is 0 Å². The number of hydrogen-bond donors (Lipinski definition) is 2. The summed E-state index contributed by atoms with van der Waals surface area (Å²) in [6.07, 6.45) is 1.71. The number of ether oxygens (including phenoxy) is 3. The van der Waals surface area contributed by atoms with Gasteiger partial charge in [0.15, 0.2) is 5.96 Å². The predicted molar refractivity (Wildman–Crippen MR) is 102 cm³/mol. The highest BCUT2D eigenvalue weighted by Crippen LogP contribution is 2.13. The van der Waals surface area contributed by atoms with Crippen LogP contribution < -0.4 is 20.1 Å². The third-order valence-corrected chi connectivity index (χ3v) is 3.45. The second-order valence-corrected chi connectivity index (χ2v) is 5.32. The Kier molecular flexibility index (Phi) is 8.79. The van der Waals surface area contributed by atoms with E-state index in [1.807, 2.05) is 42.5 Å². The molecule has 0 spiro atoms. The zero-order valence-corrected chi connectivity index (χ0v) is 15.3. The molecule has 7 nitrogen and oxygen atoms in total. The van der Waals surface area contributed by atoms with Crippen molar-refractivity contribution in [2.45, 2.75) is 6.54 Å². The van der Waals surface area contributed by atoms with Crippen LogP contribution in [0.5, 0.6) is 11.6 Å². The summed E-state index contributed by atoms with van der Waals surface area (Å²) in [5.74, 6) is 2.14. The molecule has 2 aromatic rings. The van der Waals surface area contributed by atoms with Gasteiger partial charge >= 0.3 is 0 Å². The number of pyridine rings is 1. The maximum Gasteiger partial charge on any atom is 0.218 e. The average molecular weight is 358 g/mol. The monoisotopic (exact) mass is 358 g/mol. The van der Waals surface area contributed by atoms with Gasteiger partial charge in [-0.2, -0.15) is 0 Å². The molecule has 1 aromatic heterocycles. The first-order valence-corrected chi connectivity index (χ1v) is 8.51. The summed E-state index contributed by atoms with van der Waals surface area (Å²) in [7, 11) is 3.37. The molecule has 1 heterocycles. The first-order chi connectivity index (χ1) is 12.8. The summed E-state index contributed by atoms with van der Waals surface area (Å²) < 4.78 is 16.3. The van der Waals surface area contributed by atoms with E-state index < -0.39 is 0 Å². The van der Waals surface area contributed by atoms with Crippen LogP contribution in [0.4, 0.5) is 0 Å². The maximum atomic E-state index is 5.65. The van der Waals surface area contributed by atoms with Crippen molar-refractivity contribution in [3.05, 3.63) is 54.2 Å². The molecule has 0 unspecified atom stereocenters. The van der Waals surface area contributed by atoms with Gasteiger partial charge in [0.05, 0.1) is 13.2 Å². The lowest BCUT2D eigenvalue weighted by molar-refractivity contribution is 0.143. The van der Waals surface area contributed by atoms with Crippen LogP contribution in [0.2, 0.25) is 0 Å². The van der Waals surface area contributed by atoms with E-state index in [4.69, 9.17) is 14.2 Å². The highest BCUT2D eigenvalue weighted by atomic mass is 16.5. The third kappa shape index (κ3) is 6.98. The summed E-state index contributed by atoms with van der Waals surface area (Å²) in [5.41, 5.74) is 0.951. The number of para-hydroxylation sites is 1.